The lowest BCUT2D eigenvalue weighted by atomic mass is 10.0. The number of likely N-dealkylation sites (tertiary alicyclic amines) is 1. The maximum Gasteiger partial charge on any atom is 0.287 e. The number of nitro groups is 1. The monoisotopic (exact) mass is 397 g/mol. The van der Waals surface area contributed by atoms with Crippen molar-refractivity contribution in [2.24, 2.45) is 0 Å². The second kappa shape index (κ2) is 9.47. The van der Waals surface area contributed by atoms with Crippen LogP contribution in [0.15, 0.2) is 48.7 Å². The molecule has 0 aliphatic carbocycles. The van der Waals surface area contributed by atoms with Gasteiger partial charge in [0.05, 0.1) is 11.0 Å². The number of rotatable bonds is 8. The number of nitrogens with zero attached hydrogens (tertiary/aromatic N) is 3. The first-order valence-corrected chi connectivity index (χ1v) is 9.87. The molecule has 1 amide bonds. The predicted octanol–water partition coefficient (Wildman–Crippen LogP) is 2.78. The van der Waals surface area contributed by atoms with Crippen LogP contribution < -0.4 is 10.6 Å². The molecule has 1 fully saturated rings. The van der Waals surface area contributed by atoms with Gasteiger partial charge in [0.1, 0.15) is 12.0 Å². The standard InChI is InChI=1S/C21H27N5O3/c1-15(17-6-4-3-5-7-17)12-23-21(27)16(2)25-11-10-18(14-25)24-20-9-8-19(13-22-20)26(28)29/h3-9,13,15-16,18H,10-12,14H2,1-2H3,(H,22,24)(H,23,27). The molecular formula is C21H27N5O3. The van der Waals surface area contributed by atoms with E-state index >= 15 is 0 Å². The van der Waals surface area contributed by atoms with Crippen LogP contribution in [0.3, 0.4) is 0 Å². The summed E-state index contributed by atoms with van der Waals surface area (Å²) in [6.45, 7) is 6.17. The first kappa shape index (κ1) is 20.7. The lowest BCUT2D eigenvalue weighted by Crippen LogP contribution is -2.45. The molecule has 3 atom stereocenters. The third kappa shape index (κ3) is 5.51. The lowest BCUT2D eigenvalue weighted by molar-refractivity contribution is -0.385. The van der Waals surface area contributed by atoms with Crippen molar-refractivity contribution in [3.05, 3.63) is 64.3 Å². The molecule has 2 aromatic rings. The van der Waals surface area contributed by atoms with E-state index in [1.807, 2.05) is 25.1 Å². The molecule has 2 N–H and O–H groups in total. The topological polar surface area (TPSA) is 100 Å². The summed E-state index contributed by atoms with van der Waals surface area (Å²) in [5.41, 5.74) is 1.18. The van der Waals surface area contributed by atoms with Gasteiger partial charge < -0.3 is 10.6 Å². The molecule has 0 radical (unpaired) electrons. The van der Waals surface area contributed by atoms with Crippen LogP contribution in [0.25, 0.3) is 0 Å². The minimum absolute atomic E-state index is 0.0291. The Labute approximate surface area is 170 Å². The number of hydrogen-bond acceptors (Lipinski definition) is 6. The van der Waals surface area contributed by atoms with Crippen LogP contribution in [0.2, 0.25) is 0 Å². The van der Waals surface area contributed by atoms with Crippen molar-refractivity contribution < 1.29 is 9.72 Å². The van der Waals surface area contributed by atoms with Crippen LogP contribution >= 0.6 is 0 Å². The normalized spacial score (nSPS) is 18.8. The number of amides is 1. The highest BCUT2D eigenvalue weighted by atomic mass is 16.6. The molecule has 1 aliphatic heterocycles. The first-order chi connectivity index (χ1) is 13.9. The number of anilines is 1. The molecular weight excluding hydrogens is 370 g/mol. The van der Waals surface area contributed by atoms with Crippen molar-refractivity contribution >= 4 is 17.4 Å². The Morgan fingerprint density at radius 3 is 2.69 bits per heavy atom. The molecule has 1 saturated heterocycles. The Kier molecular flexibility index (Phi) is 6.77. The van der Waals surface area contributed by atoms with E-state index in [9.17, 15) is 14.9 Å². The van der Waals surface area contributed by atoms with Crippen molar-refractivity contribution in [2.45, 2.75) is 38.3 Å². The molecule has 1 aliphatic rings. The third-order valence-electron chi connectivity index (χ3n) is 5.41. The average Bonchev–Trinajstić information content (AvgIpc) is 3.20. The zero-order valence-corrected chi connectivity index (χ0v) is 16.7. The predicted molar refractivity (Wildman–Crippen MR) is 112 cm³/mol. The van der Waals surface area contributed by atoms with E-state index in [1.165, 1.54) is 17.8 Å². The van der Waals surface area contributed by atoms with Gasteiger partial charge in [-0.2, -0.15) is 0 Å². The fourth-order valence-corrected chi connectivity index (χ4v) is 3.51. The molecule has 8 nitrogen and oxygen atoms in total. The zero-order chi connectivity index (χ0) is 20.8. The molecule has 3 rings (SSSR count). The minimum atomic E-state index is -0.465. The van der Waals surface area contributed by atoms with Gasteiger partial charge in [0.25, 0.3) is 5.69 Å². The van der Waals surface area contributed by atoms with Gasteiger partial charge in [-0.25, -0.2) is 4.98 Å². The van der Waals surface area contributed by atoms with Gasteiger partial charge in [-0.05, 0) is 30.9 Å². The van der Waals surface area contributed by atoms with Gasteiger partial charge in [-0.3, -0.25) is 19.8 Å². The van der Waals surface area contributed by atoms with Crippen LogP contribution in [0, 0.1) is 10.1 Å². The molecule has 154 valence electrons. The molecule has 1 aromatic heterocycles. The van der Waals surface area contributed by atoms with Crippen molar-refractivity contribution in [2.75, 3.05) is 25.0 Å². The average molecular weight is 397 g/mol. The largest absolute Gasteiger partial charge is 0.366 e. The zero-order valence-electron chi connectivity index (χ0n) is 16.7. The molecule has 0 spiro atoms. The molecule has 2 heterocycles. The van der Waals surface area contributed by atoms with Crippen LogP contribution in [0.4, 0.5) is 11.5 Å². The molecule has 8 heteroatoms. The second-order valence-corrected chi connectivity index (χ2v) is 7.52. The molecule has 29 heavy (non-hydrogen) atoms. The van der Waals surface area contributed by atoms with Gasteiger partial charge >= 0.3 is 0 Å². The Morgan fingerprint density at radius 2 is 2.03 bits per heavy atom. The van der Waals surface area contributed by atoms with E-state index in [-0.39, 0.29) is 29.6 Å². The number of carbonyl (C=O) groups excluding carboxylic acids is 1. The highest BCUT2D eigenvalue weighted by Crippen LogP contribution is 2.19. The van der Waals surface area contributed by atoms with Gasteiger partial charge in [0, 0.05) is 31.7 Å². The summed E-state index contributed by atoms with van der Waals surface area (Å²) in [4.78, 5) is 29.1. The van der Waals surface area contributed by atoms with Crippen molar-refractivity contribution in [1.82, 2.24) is 15.2 Å². The Hall–Kier alpha value is -3.00. The van der Waals surface area contributed by atoms with Crippen LogP contribution in [-0.2, 0) is 4.79 Å². The van der Waals surface area contributed by atoms with E-state index in [2.05, 4.69) is 39.6 Å². The van der Waals surface area contributed by atoms with E-state index in [4.69, 9.17) is 0 Å². The number of hydrogen-bond donors (Lipinski definition) is 2. The molecule has 0 bridgehead atoms. The fraction of sp³-hybridized carbons (Fsp3) is 0.429. The third-order valence-corrected chi connectivity index (χ3v) is 5.41. The van der Waals surface area contributed by atoms with E-state index in [0.29, 0.717) is 12.4 Å². The summed E-state index contributed by atoms with van der Waals surface area (Å²) in [6.07, 6.45) is 2.13. The maximum absolute atomic E-state index is 12.6. The van der Waals surface area contributed by atoms with Gasteiger partial charge in [0.2, 0.25) is 5.91 Å². The van der Waals surface area contributed by atoms with Gasteiger partial charge in [-0.1, -0.05) is 37.3 Å². The van der Waals surface area contributed by atoms with Gasteiger partial charge in [-0.15, -0.1) is 0 Å². The van der Waals surface area contributed by atoms with Crippen molar-refractivity contribution in [3.8, 4) is 0 Å². The summed E-state index contributed by atoms with van der Waals surface area (Å²) < 4.78 is 0. The Balaban J connectivity index is 1.46. The second-order valence-electron chi connectivity index (χ2n) is 7.52. The first-order valence-electron chi connectivity index (χ1n) is 9.87. The number of benzene rings is 1. The van der Waals surface area contributed by atoms with Crippen LogP contribution in [0.1, 0.15) is 31.7 Å². The summed E-state index contributed by atoms with van der Waals surface area (Å²) in [5, 5.41) is 17.1. The van der Waals surface area contributed by atoms with E-state index in [0.717, 1.165) is 19.5 Å². The van der Waals surface area contributed by atoms with E-state index < -0.39 is 4.92 Å². The SMILES string of the molecule is CC(CNC(=O)C(C)N1CCC(Nc2ccc([N+](=O)[O-])cn2)C1)c1ccccc1. The van der Waals surface area contributed by atoms with Crippen molar-refractivity contribution in [1.29, 1.82) is 0 Å². The highest BCUT2D eigenvalue weighted by molar-refractivity contribution is 5.81. The molecule has 0 saturated carbocycles. The summed E-state index contributed by atoms with van der Waals surface area (Å²) in [5.74, 6) is 0.895. The van der Waals surface area contributed by atoms with Crippen molar-refractivity contribution in [3.63, 3.8) is 0 Å². The Morgan fingerprint density at radius 1 is 1.28 bits per heavy atom. The fourth-order valence-electron chi connectivity index (χ4n) is 3.51. The minimum Gasteiger partial charge on any atom is -0.366 e. The lowest BCUT2D eigenvalue weighted by Gasteiger charge is -2.24. The van der Waals surface area contributed by atoms with Gasteiger partial charge in [0.15, 0.2) is 0 Å². The summed E-state index contributed by atoms with van der Waals surface area (Å²) >= 11 is 0. The quantitative estimate of drug-likeness (QED) is 0.525. The van der Waals surface area contributed by atoms with Crippen LogP contribution in [-0.4, -0.2) is 52.4 Å². The number of pyridine rings is 1. The number of nitrogens with one attached hydrogen (secondary N) is 2. The Bertz CT molecular complexity index is 828. The highest BCUT2D eigenvalue weighted by Gasteiger charge is 2.29. The van der Waals surface area contributed by atoms with E-state index in [1.54, 1.807) is 6.07 Å². The summed E-state index contributed by atoms with van der Waals surface area (Å²) in [7, 11) is 0. The number of carbonyl (C=O) groups is 1. The number of aromatic nitrogens is 1. The summed E-state index contributed by atoms with van der Waals surface area (Å²) in [6, 6.07) is 13.1. The maximum atomic E-state index is 12.6. The smallest absolute Gasteiger partial charge is 0.287 e. The van der Waals surface area contributed by atoms with Crippen LogP contribution in [0.5, 0.6) is 0 Å². The molecule has 1 aromatic carbocycles. The molecule has 3 unspecified atom stereocenters.